The summed E-state index contributed by atoms with van der Waals surface area (Å²) in [6.07, 6.45) is 0.754. The van der Waals surface area contributed by atoms with Crippen LogP contribution < -0.4 is 5.56 Å². The van der Waals surface area contributed by atoms with Crippen molar-refractivity contribution in [1.29, 1.82) is 0 Å². The quantitative estimate of drug-likeness (QED) is 0.321. The molecule has 2 heterocycles. The number of aromatic nitrogens is 4. The maximum atomic E-state index is 13.2. The molecular weight excluding hydrogens is 396 g/mol. The number of thioether (sulfide) groups is 1. The van der Waals surface area contributed by atoms with Gasteiger partial charge < -0.3 is 4.52 Å². The summed E-state index contributed by atoms with van der Waals surface area (Å²) in [6.45, 7) is 6.74. The molecule has 2 aromatic heterocycles. The lowest BCUT2D eigenvalue weighted by atomic mass is 10.1. The van der Waals surface area contributed by atoms with Crippen molar-refractivity contribution in [3.8, 4) is 0 Å². The minimum absolute atomic E-state index is 0.0442. The van der Waals surface area contributed by atoms with E-state index in [0.717, 1.165) is 12.0 Å². The second kappa shape index (κ2) is 8.83. The highest BCUT2D eigenvalue weighted by atomic mass is 32.2. The molecule has 0 atom stereocenters. The number of rotatable bonds is 7. The highest BCUT2D eigenvalue weighted by Gasteiger charge is 2.14. The fourth-order valence-corrected chi connectivity index (χ4v) is 4.03. The first-order chi connectivity index (χ1) is 14.5. The molecule has 0 N–H and O–H groups in total. The largest absolute Gasteiger partial charge is 0.339 e. The Morgan fingerprint density at radius 1 is 1.07 bits per heavy atom. The molecule has 30 heavy (non-hydrogen) atoms. The highest BCUT2D eigenvalue weighted by molar-refractivity contribution is 7.98. The van der Waals surface area contributed by atoms with Crippen molar-refractivity contribution in [2.45, 2.75) is 44.6 Å². The number of aryl methyl sites for hydroxylation is 1. The van der Waals surface area contributed by atoms with Crippen LogP contribution in [0.1, 0.15) is 36.7 Å². The van der Waals surface area contributed by atoms with Crippen LogP contribution in [0, 0.1) is 12.8 Å². The molecule has 0 spiro atoms. The maximum Gasteiger partial charge on any atom is 0.262 e. The fraction of sp³-hybridized carbons (Fsp3) is 0.304. The maximum absolute atomic E-state index is 13.2. The van der Waals surface area contributed by atoms with Crippen LogP contribution in [0.5, 0.6) is 0 Å². The fourth-order valence-electron chi connectivity index (χ4n) is 3.18. The first-order valence-electron chi connectivity index (χ1n) is 9.99. The SMILES string of the molecule is Cc1ccc(Cn2c(SCc3noc(CC(C)C)n3)nc3ccccc3c2=O)cc1. The molecule has 4 rings (SSSR count). The summed E-state index contributed by atoms with van der Waals surface area (Å²) in [4.78, 5) is 22.4. The Kier molecular flexibility index (Phi) is 5.99. The molecule has 4 aromatic rings. The molecule has 6 nitrogen and oxygen atoms in total. The minimum atomic E-state index is -0.0442. The summed E-state index contributed by atoms with van der Waals surface area (Å²) in [7, 11) is 0. The molecule has 0 aliphatic heterocycles. The van der Waals surface area contributed by atoms with Crippen molar-refractivity contribution in [3.05, 3.63) is 81.7 Å². The van der Waals surface area contributed by atoms with Gasteiger partial charge in [0.1, 0.15) is 0 Å². The van der Waals surface area contributed by atoms with Crippen LogP contribution >= 0.6 is 11.8 Å². The Morgan fingerprint density at radius 2 is 1.83 bits per heavy atom. The third-order valence-corrected chi connectivity index (χ3v) is 5.68. The smallest absolute Gasteiger partial charge is 0.262 e. The van der Waals surface area contributed by atoms with Crippen LogP contribution in [-0.4, -0.2) is 19.7 Å². The number of nitrogens with zero attached hydrogens (tertiary/aromatic N) is 4. The van der Waals surface area contributed by atoms with Gasteiger partial charge in [-0.05, 0) is 30.5 Å². The van der Waals surface area contributed by atoms with Gasteiger partial charge in [-0.3, -0.25) is 9.36 Å². The molecule has 0 saturated heterocycles. The van der Waals surface area contributed by atoms with Gasteiger partial charge in [-0.1, -0.05) is 72.7 Å². The second-order valence-corrected chi connectivity index (χ2v) is 8.72. The van der Waals surface area contributed by atoms with E-state index in [0.29, 0.717) is 46.0 Å². The number of hydrogen-bond acceptors (Lipinski definition) is 6. The monoisotopic (exact) mass is 420 g/mol. The molecule has 0 saturated carbocycles. The van der Waals surface area contributed by atoms with Crippen LogP contribution in [0.3, 0.4) is 0 Å². The van der Waals surface area contributed by atoms with Crippen LogP contribution in [0.2, 0.25) is 0 Å². The molecule has 0 aliphatic carbocycles. The van der Waals surface area contributed by atoms with Crippen molar-refractivity contribution >= 4 is 22.7 Å². The third kappa shape index (κ3) is 4.62. The molecule has 0 radical (unpaired) electrons. The lowest BCUT2D eigenvalue weighted by Crippen LogP contribution is -2.24. The Balaban J connectivity index is 1.65. The van der Waals surface area contributed by atoms with Crippen LogP contribution in [0.15, 0.2) is 63.0 Å². The number of para-hydroxylation sites is 1. The second-order valence-electron chi connectivity index (χ2n) is 7.78. The van der Waals surface area contributed by atoms with E-state index < -0.39 is 0 Å². The minimum Gasteiger partial charge on any atom is -0.339 e. The van der Waals surface area contributed by atoms with Gasteiger partial charge in [-0.25, -0.2) is 4.98 Å². The molecule has 0 bridgehead atoms. The summed E-state index contributed by atoms with van der Waals surface area (Å²) >= 11 is 1.45. The predicted octanol–water partition coefficient (Wildman–Crippen LogP) is 4.63. The number of fused-ring (bicyclic) bond motifs is 1. The topological polar surface area (TPSA) is 73.8 Å². The summed E-state index contributed by atoms with van der Waals surface area (Å²) in [5.74, 6) is 2.19. The molecule has 2 aromatic carbocycles. The van der Waals surface area contributed by atoms with E-state index in [2.05, 4.69) is 36.1 Å². The van der Waals surface area contributed by atoms with Gasteiger partial charge in [-0.15, -0.1) is 0 Å². The molecular formula is C23H24N4O2S. The van der Waals surface area contributed by atoms with E-state index in [9.17, 15) is 4.79 Å². The first kappa shape index (κ1) is 20.3. The van der Waals surface area contributed by atoms with Gasteiger partial charge in [0, 0.05) is 6.42 Å². The van der Waals surface area contributed by atoms with Gasteiger partial charge in [-0.2, -0.15) is 4.98 Å². The van der Waals surface area contributed by atoms with E-state index in [-0.39, 0.29) is 5.56 Å². The standard InChI is InChI=1S/C23H24N4O2S/c1-15(2)12-21-25-20(26-29-21)14-30-23-24-19-7-5-4-6-18(19)22(28)27(23)13-17-10-8-16(3)9-11-17/h4-11,15H,12-14H2,1-3H3. The Morgan fingerprint density at radius 3 is 2.60 bits per heavy atom. The molecule has 7 heteroatoms. The Labute approximate surface area is 179 Å². The van der Waals surface area contributed by atoms with Crippen molar-refractivity contribution in [2.75, 3.05) is 0 Å². The molecule has 0 fully saturated rings. The van der Waals surface area contributed by atoms with E-state index in [1.165, 1.54) is 17.3 Å². The average molecular weight is 421 g/mol. The van der Waals surface area contributed by atoms with Crippen molar-refractivity contribution in [2.24, 2.45) is 5.92 Å². The van der Waals surface area contributed by atoms with Crippen LogP contribution in [0.4, 0.5) is 0 Å². The van der Waals surface area contributed by atoms with Gasteiger partial charge in [0.25, 0.3) is 5.56 Å². The highest BCUT2D eigenvalue weighted by Crippen LogP contribution is 2.22. The Hall–Kier alpha value is -2.93. The van der Waals surface area contributed by atoms with E-state index in [4.69, 9.17) is 9.51 Å². The van der Waals surface area contributed by atoms with E-state index in [1.807, 2.05) is 43.3 Å². The van der Waals surface area contributed by atoms with Crippen LogP contribution in [0.25, 0.3) is 10.9 Å². The summed E-state index contributed by atoms with van der Waals surface area (Å²) in [5.41, 5.74) is 2.89. The predicted molar refractivity (Wildman–Crippen MR) is 119 cm³/mol. The third-order valence-electron chi connectivity index (χ3n) is 4.71. The normalized spacial score (nSPS) is 11.5. The Bertz CT molecular complexity index is 1210. The van der Waals surface area contributed by atoms with Gasteiger partial charge in [0.2, 0.25) is 5.89 Å². The van der Waals surface area contributed by atoms with Gasteiger partial charge in [0.15, 0.2) is 11.0 Å². The van der Waals surface area contributed by atoms with Crippen LogP contribution in [-0.2, 0) is 18.7 Å². The molecule has 0 amide bonds. The lowest BCUT2D eigenvalue weighted by molar-refractivity contribution is 0.360. The molecule has 0 aliphatic rings. The van der Waals surface area contributed by atoms with E-state index in [1.54, 1.807) is 4.57 Å². The zero-order chi connectivity index (χ0) is 21.1. The van der Waals surface area contributed by atoms with Crippen molar-refractivity contribution in [3.63, 3.8) is 0 Å². The average Bonchev–Trinajstić information content (AvgIpc) is 3.17. The molecule has 0 unspecified atom stereocenters. The zero-order valence-electron chi connectivity index (χ0n) is 17.3. The first-order valence-corrected chi connectivity index (χ1v) is 11.0. The van der Waals surface area contributed by atoms with Gasteiger partial charge in [0.05, 0.1) is 23.2 Å². The zero-order valence-corrected chi connectivity index (χ0v) is 18.1. The van der Waals surface area contributed by atoms with Crippen molar-refractivity contribution < 1.29 is 4.52 Å². The number of benzene rings is 2. The lowest BCUT2D eigenvalue weighted by Gasteiger charge is -2.13. The molecule has 154 valence electrons. The van der Waals surface area contributed by atoms with Gasteiger partial charge >= 0.3 is 0 Å². The summed E-state index contributed by atoms with van der Waals surface area (Å²) < 4.78 is 7.06. The van der Waals surface area contributed by atoms with Crippen molar-refractivity contribution in [1.82, 2.24) is 19.7 Å². The van der Waals surface area contributed by atoms with E-state index >= 15 is 0 Å². The summed E-state index contributed by atoms with van der Waals surface area (Å²) in [5, 5.41) is 5.34. The number of hydrogen-bond donors (Lipinski definition) is 0. The summed E-state index contributed by atoms with van der Waals surface area (Å²) in [6, 6.07) is 15.6.